The number of ether oxygens (including phenoxy) is 2. The van der Waals surface area contributed by atoms with Gasteiger partial charge in [-0.25, -0.2) is 0 Å². The maximum Gasteiger partial charge on any atom is 0.307 e. The number of esters is 1. The van der Waals surface area contributed by atoms with Gasteiger partial charge in [0.1, 0.15) is 18.1 Å². The third-order valence-corrected chi connectivity index (χ3v) is 5.36. The fourth-order valence-electron chi connectivity index (χ4n) is 4.04. The molecule has 0 bridgehead atoms. The van der Waals surface area contributed by atoms with Gasteiger partial charge in [-0.05, 0) is 51.7 Å². The minimum absolute atomic E-state index is 0.0489. The summed E-state index contributed by atoms with van der Waals surface area (Å²) in [5, 5.41) is 10.4. The highest BCUT2D eigenvalue weighted by Gasteiger charge is 2.37. The second kappa shape index (κ2) is 10.3. The number of amides is 1. The van der Waals surface area contributed by atoms with E-state index in [1.807, 2.05) is 39.8 Å². The summed E-state index contributed by atoms with van der Waals surface area (Å²) in [5.74, 6) is -0.476. The zero-order chi connectivity index (χ0) is 22.5. The van der Waals surface area contributed by atoms with Gasteiger partial charge in [-0.1, -0.05) is 38.8 Å². The summed E-state index contributed by atoms with van der Waals surface area (Å²) in [5.41, 5.74) is 1.03. The number of aryl methyl sites for hydroxylation is 1. The number of phenolic OH excluding ortho intramolecular Hbond substituents is 1. The Balaban J connectivity index is 2.22. The van der Waals surface area contributed by atoms with Gasteiger partial charge in [0.25, 0.3) is 0 Å². The molecule has 1 aliphatic heterocycles. The van der Waals surface area contributed by atoms with E-state index in [1.54, 1.807) is 11.0 Å². The topological polar surface area (TPSA) is 76.1 Å². The van der Waals surface area contributed by atoms with Crippen molar-refractivity contribution in [2.45, 2.75) is 78.9 Å². The van der Waals surface area contributed by atoms with Gasteiger partial charge in [-0.3, -0.25) is 9.59 Å². The van der Waals surface area contributed by atoms with Crippen LogP contribution in [0.3, 0.4) is 0 Å². The molecule has 1 amide bonds. The number of phenols is 1. The van der Waals surface area contributed by atoms with Crippen LogP contribution in [0.15, 0.2) is 18.2 Å². The number of nitrogens with zero attached hydrogens (tertiary/aromatic N) is 1. The Morgan fingerprint density at radius 1 is 1.33 bits per heavy atom. The zero-order valence-corrected chi connectivity index (χ0v) is 19.2. The summed E-state index contributed by atoms with van der Waals surface area (Å²) >= 11 is 0. The molecule has 0 radical (unpaired) electrons. The van der Waals surface area contributed by atoms with Crippen molar-refractivity contribution < 1.29 is 24.2 Å². The third-order valence-electron chi connectivity index (χ3n) is 5.36. The molecule has 0 spiro atoms. The average molecular weight is 420 g/mol. The highest BCUT2D eigenvalue weighted by Crippen LogP contribution is 2.35. The van der Waals surface area contributed by atoms with Crippen LogP contribution in [-0.2, 0) is 19.1 Å². The SMILES string of the molecule is CCC[C@H](C)C[C@@H](CC(=O)OC(C)(C)C)C(=O)N1COC[C@H]1c1ccc(C)cc1O. The number of hydrogen-bond acceptors (Lipinski definition) is 5. The normalized spacial score (nSPS) is 18.9. The Morgan fingerprint density at radius 2 is 2.03 bits per heavy atom. The zero-order valence-electron chi connectivity index (χ0n) is 19.2. The highest BCUT2D eigenvalue weighted by atomic mass is 16.6. The Kier molecular flexibility index (Phi) is 8.30. The van der Waals surface area contributed by atoms with Crippen LogP contribution >= 0.6 is 0 Å². The van der Waals surface area contributed by atoms with Gasteiger partial charge in [0.2, 0.25) is 5.91 Å². The molecule has 30 heavy (non-hydrogen) atoms. The van der Waals surface area contributed by atoms with Crippen molar-refractivity contribution in [1.82, 2.24) is 4.90 Å². The monoisotopic (exact) mass is 419 g/mol. The van der Waals surface area contributed by atoms with Crippen LogP contribution in [0.25, 0.3) is 0 Å². The van der Waals surface area contributed by atoms with E-state index in [2.05, 4.69) is 13.8 Å². The smallest absolute Gasteiger partial charge is 0.307 e. The van der Waals surface area contributed by atoms with Crippen LogP contribution < -0.4 is 0 Å². The Labute approximate surface area is 180 Å². The molecule has 0 aliphatic carbocycles. The summed E-state index contributed by atoms with van der Waals surface area (Å²) in [6.07, 6.45) is 2.69. The van der Waals surface area contributed by atoms with E-state index in [0.29, 0.717) is 24.5 Å². The van der Waals surface area contributed by atoms with E-state index < -0.39 is 11.5 Å². The molecular formula is C24H37NO5. The average Bonchev–Trinajstić information content (AvgIpc) is 3.08. The first-order valence-electron chi connectivity index (χ1n) is 10.9. The first-order valence-corrected chi connectivity index (χ1v) is 10.9. The quantitative estimate of drug-likeness (QED) is 0.616. The van der Waals surface area contributed by atoms with Crippen LogP contribution in [-0.4, -0.2) is 40.8 Å². The lowest BCUT2D eigenvalue weighted by Crippen LogP contribution is -2.38. The van der Waals surface area contributed by atoms with Gasteiger partial charge in [0.05, 0.1) is 19.1 Å². The van der Waals surface area contributed by atoms with Crippen molar-refractivity contribution >= 4 is 11.9 Å². The first kappa shape index (κ1) is 24.2. The van der Waals surface area contributed by atoms with Crippen molar-refractivity contribution in [3.8, 4) is 5.75 Å². The first-order chi connectivity index (χ1) is 14.0. The van der Waals surface area contributed by atoms with Gasteiger partial charge < -0.3 is 19.5 Å². The van der Waals surface area contributed by atoms with Crippen molar-refractivity contribution in [2.24, 2.45) is 11.8 Å². The predicted molar refractivity (Wildman–Crippen MR) is 116 cm³/mol. The summed E-state index contributed by atoms with van der Waals surface area (Å²) in [7, 11) is 0. The molecule has 1 N–H and O–H groups in total. The molecule has 0 unspecified atom stereocenters. The molecule has 1 fully saturated rings. The molecule has 6 heteroatoms. The lowest BCUT2D eigenvalue weighted by molar-refractivity contribution is -0.159. The largest absolute Gasteiger partial charge is 0.508 e. The maximum absolute atomic E-state index is 13.5. The van der Waals surface area contributed by atoms with Crippen LogP contribution in [0.1, 0.15) is 77.5 Å². The Bertz CT molecular complexity index is 740. The summed E-state index contributed by atoms with van der Waals surface area (Å²) in [4.78, 5) is 27.7. The van der Waals surface area contributed by atoms with E-state index >= 15 is 0 Å². The summed E-state index contributed by atoms with van der Waals surface area (Å²) in [6.45, 7) is 12.1. The van der Waals surface area contributed by atoms with E-state index in [4.69, 9.17) is 9.47 Å². The number of carbonyl (C=O) groups excluding carboxylic acids is 2. The molecule has 1 aromatic carbocycles. The summed E-state index contributed by atoms with van der Waals surface area (Å²) in [6, 6.07) is 5.09. The van der Waals surface area contributed by atoms with E-state index in [1.165, 1.54) is 0 Å². The molecule has 168 valence electrons. The van der Waals surface area contributed by atoms with Crippen molar-refractivity contribution in [3.05, 3.63) is 29.3 Å². The van der Waals surface area contributed by atoms with Crippen molar-refractivity contribution in [2.75, 3.05) is 13.3 Å². The van der Waals surface area contributed by atoms with Crippen LogP contribution in [0.2, 0.25) is 0 Å². The molecule has 1 aliphatic rings. The van der Waals surface area contributed by atoms with E-state index in [0.717, 1.165) is 18.4 Å². The number of rotatable bonds is 8. The molecule has 1 aromatic rings. The fraction of sp³-hybridized carbons (Fsp3) is 0.667. The van der Waals surface area contributed by atoms with Gasteiger partial charge in [0, 0.05) is 11.5 Å². The van der Waals surface area contributed by atoms with Gasteiger partial charge in [-0.2, -0.15) is 0 Å². The van der Waals surface area contributed by atoms with Gasteiger partial charge >= 0.3 is 5.97 Å². The molecule has 0 saturated carbocycles. The van der Waals surface area contributed by atoms with E-state index in [9.17, 15) is 14.7 Å². The minimum atomic E-state index is -0.591. The predicted octanol–water partition coefficient (Wildman–Crippen LogP) is 4.73. The lowest BCUT2D eigenvalue weighted by atomic mass is 9.89. The third kappa shape index (κ3) is 6.73. The number of aromatic hydroxyl groups is 1. The van der Waals surface area contributed by atoms with Crippen molar-refractivity contribution in [3.63, 3.8) is 0 Å². The van der Waals surface area contributed by atoms with Crippen LogP contribution in [0.4, 0.5) is 0 Å². The standard InChI is InChI=1S/C24H37NO5/c1-7-8-16(2)11-18(13-22(27)30-24(4,5)6)23(28)25-15-29-14-20(25)19-10-9-17(3)12-21(19)26/h9-10,12,16,18,20,26H,7-8,11,13-15H2,1-6H3/t16-,18-,20-/m0/s1. The van der Waals surface area contributed by atoms with Gasteiger partial charge in [0.15, 0.2) is 0 Å². The maximum atomic E-state index is 13.5. The Hall–Kier alpha value is -2.08. The van der Waals surface area contributed by atoms with Gasteiger partial charge in [-0.15, -0.1) is 0 Å². The molecule has 0 aromatic heterocycles. The molecule has 1 heterocycles. The van der Waals surface area contributed by atoms with E-state index in [-0.39, 0.29) is 36.8 Å². The molecule has 1 saturated heterocycles. The molecule has 3 atom stereocenters. The Morgan fingerprint density at radius 3 is 2.63 bits per heavy atom. The number of carbonyl (C=O) groups is 2. The molecule has 6 nitrogen and oxygen atoms in total. The second-order valence-corrected chi connectivity index (χ2v) is 9.50. The molecule has 2 rings (SSSR count). The summed E-state index contributed by atoms with van der Waals surface area (Å²) < 4.78 is 11.1. The van der Waals surface area contributed by atoms with Crippen molar-refractivity contribution in [1.29, 1.82) is 0 Å². The number of benzene rings is 1. The molecular weight excluding hydrogens is 382 g/mol. The minimum Gasteiger partial charge on any atom is -0.508 e. The lowest BCUT2D eigenvalue weighted by Gasteiger charge is -2.29. The van der Waals surface area contributed by atoms with Crippen LogP contribution in [0, 0.1) is 18.8 Å². The highest BCUT2D eigenvalue weighted by molar-refractivity contribution is 5.84. The fourth-order valence-corrected chi connectivity index (χ4v) is 4.04. The number of hydrogen-bond donors (Lipinski definition) is 1. The second-order valence-electron chi connectivity index (χ2n) is 9.50. The van der Waals surface area contributed by atoms with Crippen LogP contribution in [0.5, 0.6) is 5.75 Å².